The minimum atomic E-state index is -1.15. The van der Waals surface area contributed by atoms with Gasteiger partial charge in [0.1, 0.15) is 5.69 Å². The van der Waals surface area contributed by atoms with E-state index >= 15 is 0 Å². The number of rotatable bonds is 4. The quantitative estimate of drug-likeness (QED) is 0.726. The summed E-state index contributed by atoms with van der Waals surface area (Å²) in [5.41, 5.74) is 1.06. The number of carbonyl (C=O) groups excluding carboxylic acids is 2. The monoisotopic (exact) mass is 385 g/mol. The van der Waals surface area contributed by atoms with E-state index in [0.29, 0.717) is 5.56 Å². The van der Waals surface area contributed by atoms with Gasteiger partial charge in [-0.1, -0.05) is 55.8 Å². The summed E-state index contributed by atoms with van der Waals surface area (Å²) in [6, 6.07) is 8.59. The Labute approximate surface area is 144 Å². The van der Waals surface area contributed by atoms with E-state index in [2.05, 4.69) is 25.9 Å². The third-order valence-corrected chi connectivity index (χ3v) is 3.10. The lowest BCUT2D eigenvalue weighted by Gasteiger charge is -1.99. The van der Waals surface area contributed by atoms with Gasteiger partial charge in [-0.05, 0) is 23.8 Å². The van der Waals surface area contributed by atoms with Gasteiger partial charge in [-0.25, -0.2) is 9.74 Å². The van der Waals surface area contributed by atoms with Crippen LogP contribution in [0.25, 0.3) is 0 Å². The van der Waals surface area contributed by atoms with Crippen LogP contribution in [0.5, 0.6) is 0 Å². The van der Waals surface area contributed by atoms with Gasteiger partial charge in [0.2, 0.25) is 0 Å². The van der Waals surface area contributed by atoms with Crippen LogP contribution in [-0.4, -0.2) is 16.7 Å². The second-order valence-electron chi connectivity index (χ2n) is 3.89. The number of hydrogen-bond acceptors (Lipinski definition) is 3. The van der Waals surface area contributed by atoms with Crippen LogP contribution in [0.3, 0.4) is 0 Å². The highest BCUT2D eigenvalue weighted by atomic mass is 79.9. The molecule has 1 N–H and O–H groups in total. The number of aromatic nitrogens is 1. The van der Waals surface area contributed by atoms with Crippen molar-refractivity contribution in [1.82, 2.24) is 4.98 Å². The minimum Gasteiger partial charge on any atom is -0.355 e. The number of carbonyl (C=O) groups is 2. The van der Waals surface area contributed by atoms with Crippen molar-refractivity contribution in [3.63, 3.8) is 0 Å². The largest absolute Gasteiger partial charge is 0.395 e. The lowest BCUT2D eigenvalue weighted by Crippen LogP contribution is -2.02. The summed E-state index contributed by atoms with van der Waals surface area (Å²) in [6.45, 7) is 8.00. The van der Waals surface area contributed by atoms with E-state index in [1.165, 1.54) is 12.3 Å². The first-order valence-corrected chi connectivity index (χ1v) is 8.18. The van der Waals surface area contributed by atoms with Gasteiger partial charge in [0, 0.05) is 27.2 Å². The van der Waals surface area contributed by atoms with Gasteiger partial charge < -0.3 is 4.98 Å². The standard InChI is InChI=1S/C13H9BrFNO3.2C2H6/c14-10-3-1-8(2-4-10)5-12(17)9-6-11(16-7-9)13(18)19-15;2*1-2/h1-4,6-7,16H,5H2;2*1-2H3. The van der Waals surface area contributed by atoms with Crippen LogP contribution in [0.2, 0.25) is 0 Å². The zero-order valence-electron chi connectivity index (χ0n) is 13.7. The predicted octanol–water partition coefficient (Wildman–Crippen LogP) is 5.30. The van der Waals surface area contributed by atoms with Crippen molar-refractivity contribution in [2.24, 2.45) is 0 Å². The van der Waals surface area contributed by atoms with Crippen LogP contribution in [0.4, 0.5) is 4.53 Å². The number of aromatic amines is 1. The maximum Gasteiger partial charge on any atom is 0.395 e. The van der Waals surface area contributed by atoms with Gasteiger partial charge in [-0.3, -0.25) is 4.79 Å². The molecule has 23 heavy (non-hydrogen) atoms. The highest BCUT2D eigenvalue weighted by Crippen LogP contribution is 2.14. The first kappa shape index (κ1) is 21.0. The summed E-state index contributed by atoms with van der Waals surface area (Å²) in [7, 11) is 0. The summed E-state index contributed by atoms with van der Waals surface area (Å²) >= 11 is 3.31. The number of H-pyrrole nitrogens is 1. The maximum atomic E-state index is 11.9. The lowest BCUT2D eigenvalue weighted by molar-refractivity contribution is -0.0792. The fraction of sp³-hybridized carbons (Fsp3) is 0.294. The van der Waals surface area contributed by atoms with Crippen molar-refractivity contribution < 1.29 is 19.1 Å². The molecule has 2 aromatic rings. The van der Waals surface area contributed by atoms with E-state index in [0.717, 1.165) is 10.0 Å². The zero-order chi connectivity index (χ0) is 17.8. The molecule has 0 amide bonds. The third kappa shape index (κ3) is 6.78. The Hall–Kier alpha value is -1.95. The van der Waals surface area contributed by atoms with Crippen LogP contribution >= 0.6 is 15.9 Å². The zero-order valence-corrected chi connectivity index (χ0v) is 15.2. The average molecular weight is 386 g/mol. The molecule has 0 saturated heterocycles. The highest BCUT2D eigenvalue weighted by Gasteiger charge is 2.14. The van der Waals surface area contributed by atoms with Crippen molar-refractivity contribution in [2.45, 2.75) is 34.1 Å². The molecule has 4 nitrogen and oxygen atoms in total. The molecule has 6 heteroatoms. The summed E-state index contributed by atoms with van der Waals surface area (Å²) in [6.07, 6.45) is 1.56. The molecule has 0 aliphatic carbocycles. The molecular formula is C17H21BrFNO3. The van der Waals surface area contributed by atoms with Gasteiger partial charge in [0.15, 0.2) is 5.78 Å². The number of nitrogens with one attached hydrogen (secondary N) is 1. The number of benzene rings is 1. The lowest BCUT2D eigenvalue weighted by atomic mass is 10.1. The minimum absolute atomic E-state index is 0.0957. The van der Waals surface area contributed by atoms with Crippen LogP contribution < -0.4 is 0 Å². The summed E-state index contributed by atoms with van der Waals surface area (Å²) in [4.78, 5) is 28.4. The molecule has 1 aromatic heterocycles. The second-order valence-corrected chi connectivity index (χ2v) is 4.81. The molecule has 1 aromatic carbocycles. The van der Waals surface area contributed by atoms with Crippen LogP contribution in [0.1, 0.15) is 54.1 Å². The van der Waals surface area contributed by atoms with Gasteiger partial charge in [0.05, 0.1) is 0 Å². The van der Waals surface area contributed by atoms with Crippen molar-refractivity contribution in [1.29, 1.82) is 0 Å². The van der Waals surface area contributed by atoms with Crippen LogP contribution in [0.15, 0.2) is 41.0 Å². The molecule has 0 saturated carbocycles. The Morgan fingerprint density at radius 1 is 1.13 bits per heavy atom. The maximum absolute atomic E-state index is 11.9. The molecule has 126 valence electrons. The Kier molecular flexibility index (Phi) is 10.6. The number of halogens is 2. The fourth-order valence-corrected chi connectivity index (χ4v) is 1.87. The van der Waals surface area contributed by atoms with Crippen molar-refractivity contribution >= 4 is 27.7 Å². The molecule has 0 atom stereocenters. The van der Waals surface area contributed by atoms with Gasteiger partial charge in [-0.15, -0.1) is 0 Å². The van der Waals surface area contributed by atoms with Gasteiger partial charge in [0.25, 0.3) is 0 Å². The smallest absolute Gasteiger partial charge is 0.355 e. The van der Waals surface area contributed by atoms with E-state index in [9.17, 15) is 14.1 Å². The van der Waals surface area contributed by atoms with E-state index in [1.807, 2.05) is 52.0 Å². The molecule has 1 heterocycles. The average Bonchev–Trinajstić information content (AvgIpc) is 3.10. The van der Waals surface area contributed by atoms with E-state index < -0.39 is 5.97 Å². The normalized spacial score (nSPS) is 8.96. The molecule has 2 rings (SSSR count). The Balaban J connectivity index is 0.00000112. The number of hydrogen-bond donors (Lipinski definition) is 1. The first-order chi connectivity index (χ1) is 11.1. The Morgan fingerprint density at radius 3 is 2.22 bits per heavy atom. The first-order valence-electron chi connectivity index (χ1n) is 7.39. The molecule has 0 aliphatic rings. The van der Waals surface area contributed by atoms with Crippen molar-refractivity contribution in [2.75, 3.05) is 0 Å². The van der Waals surface area contributed by atoms with Crippen molar-refractivity contribution in [3.05, 3.63) is 57.8 Å². The summed E-state index contributed by atoms with van der Waals surface area (Å²) < 4.78 is 12.6. The van der Waals surface area contributed by atoms with E-state index in [4.69, 9.17) is 0 Å². The molecular weight excluding hydrogens is 365 g/mol. The highest BCUT2D eigenvalue weighted by molar-refractivity contribution is 9.10. The van der Waals surface area contributed by atoms with Crippen LogP contribution in [0, 0.1) is 0 Å². The topological polar surface area (TPSA) is 59.2 Å². The third-order valence-electron chi connectivity index (χ3n) is 2.57. The summed E-state index contributed by atoms with van der Waals surface area (Å²) in [5.74, 6) is -1.32. The molecule has 0 radical (unpaired) electrons. The molecule has 0 aliphatic heterocycles. The Morgan fingerprint density at radius 2 is 1.70 bits per heavy atom. The predicted molar refractivity (Wildman–Crippen MR) is 92.2 cm³/mol. The molecule has 0 bridgehead atoms. The van der Waals surface area contributed by atoms with Crippen molar-refractivity contribution in [3.8, 4) is 0 Å². The number of ketones is 1. The molecule has 0 unspecified atom stereocenters. The van der Waals surface area contributed by atoms with Crippen LogP contribution in [-0.2, 0) is 11.4 Å². The Bertz CT molecular complexity index is 609. The van der Waals surface area contributed by atoms with E-state index in [-0.39, 0.29) is 17.9 Å². The fourth-order valence-electron chi connectivity index (χ4n) is 1.60. The molecule has 0 spiro atoms. The summed E-state index contributed by atoms with van der Waals surface area (Å²) in [5, 5.41) is 0. The van der Waals surface area contributed by atoms with Gasteiger partial charge in [-0.2, -0.15) is 0 Å². The van der Waals surface area contributed by atoms with Gasteiger partial charge >= 0.3 is 5.97 Å². The SMILES string of the molecule is CC.CC.O=C(Cc1ccc(Br)cc1)c1c[nH]c(C(=O)OF)c1. The number of Topliss-reactive ketones (excluding diaryl/α,β-unsaturated/α-hetero) is 1. The second kappa shape index (κ2) is 11.6. The molecule has 0 fully saturated rings. The van der Waals surface area contributed by atoms with E-state index in [1.54, 1.807) is 0 Å².